The Hall–Kier alpha value is -2.17. The van der Waals surface area contributed by atoms with Gasteiger partial charge in [0.1, 0.15) is 5.78 Å². The van der Waals surface area contributed by atoms with Crippen LogP contribution in [0.2, 0.25) is 0 Å². The first-order chi connectivity index (χ1) is 9.04. The molecule has 0 bridgehead atoms. The predicted molar refractivity (Wildman–Crippen MR) is 71.8 cm³/mol. The number of rotatable bonds is 6. The summed E-state index contributed by atoms with van der Waals surface area (Å²) < 4.78 is 0. The van der Waals surface area contributed by atoms with Crippen molar-refractivity contribution in [1.29, 1.82) is 0 Å². The zero-order chi connectivity index (χ0) is 14.3. The third-order valence-electron chi connectivity index (χ3n) is 2.59. The number of aryl methyl sites for hydroxylation is 1. The molecule has 0 saturated heterocycles. The molecule has 5 heteroatoms. The molecule has 102 valence electrons. The van der Waals surface area contributed by atoms with Crippen molar-refractivity contribution in [3.8, 4) is 0 Å². The average Bonchev–Trinajstić information content (AvgIpc) is 2.42. The minimum absolute atomic E-state index is 0.0136. The van der Waals surface area contributed by atoms with Crippen LogP contribution in [0.3, 0.4) is 0 Å². The molecule has 0 aliphatic rings. The van der Waals surface area contributed by atoms with Crippen LogP contribution in [0.4, 0.5) is 0 Å². The van der Waals surface area contributed by atoms with Crippen LogP contribution >= 0.6 is 0 Å². The van der Waals surface area contributed by atoms with Gasteiger partial charge in [-0.3, -0.25) is 14.4 Å². The lowest BCUT2D eigenvalue weighted by Gasteiger charge is -2.08. The Morgan fingerprint density at radius 2 is 1.74 bits per heavy atom. The lowest BCUT2D eigenvalue weighted by atomic mass is 10.0. The van der Waals surface area contributed by atoms with Crippen LogP contribution in [-0.2, 0) is 16.0 Å². The number of nitrogens with one attached hydrogen (secondary N) is 2. The maximum absolute atomic E-state index is 11.9. The van der Waals surface area contributed by atoms with Crippen molar-refractivity contribution in [3.63, 3.8) is 0 Å². The average molecular weight is 262 g/mol. The van der Waals surface area contributed by atoms with Crippen LogP contribution in [-0.4, -0.2) is 30.7 Å². The zero-order valence-corrected chi connectivity index (χ0v) is 11.2. The molecule has 1 rings (SSSR count). The molecule has 1 aromatic rings. The van der Waals surface area contributed by atoms with E-state index in [0.29, 0.717) is 5.56 Å². The summed E-state index contributed by atoms with van der Waals surface area (Å²) in [4.78, 5) is 34.0. The van der Waals surface area contributed by atoms with Gasteiger partial charge < -0.3 is 10.6 Å². The van der Waals surface area contributed by atoms with E-state index in [1.54, 1.807) is 12.1 Å². The van der Waals surface area contributed by atoms with Crippen molar-refractivity contribution in [1.82, 2.24) is 10.6 Å². The number of carbonyl (C=O) groups is 3. The van der Waals surface area contributed by atoms with Gasteiger partial charge in [0.2, 0.25) is 5.91 Å². The monoisotopic (exact) mass is 262 g/mol. The lowest BCUT2D eigenvalue weighted by Crippen LogP contribution is -2.38. The third-order valence-corrected chi connectivity index (χ3v) is 2.59. The van der Waals surface area contributed by atoms with Gasteiger partial charge in [0.25, 0.3) is 5.91 Å². The van der Waals surface area contributed by atoms with E-state index in [0.717, 1.165) is 12.0 Å². The molecule has 2 N–H and O–H groups in total. The highest BCUT2D eigenvalue weighted by Crippen LogP contribution is 2.08. The normalized spacial score (nSPS) is 9.79. The van der Waals surface area contributed by atoms with Crippen molar-refractivity contribution in [3.05, 3.63) is 35.4 Å². The van der Waals surface area contributed by atoms with E-state index in [1.807, 2.05) is 19.1 Å². The van der Waals surface area contributed by atoms with Crippen molar-refractivity contribution in [2.75, 3.05) is 13.1 Å². The van der Waals surface area contributed by atoms with E-state index >= 15 is 0 Å². The molecule has 0 aliphatic carbocycles. The van der Waals surface area contributed by atoms with Gasteiger partial charge in [-0.2, -0.15) is 0 Å². The first kappa shape index (κ1) is 14.9. The highest BCUT2D eigenvalue weighted by atomic mass is 16.2. The fourth-order valence-electron chi connectivity index (χ4n) is 1.59. The first-order valence-electron chi connectivity index (χ1n) is 6.16. The van der Waals surface area contributed by atoms with Gasteiger partial charge in [-0.1, -0.05) is 25.1 Å². The van der Waals surface area contributed by atoms with Crippen LogP contribution in [0.5, 0.6) is 0 Å². The van der Waals surface area contributed by atoms with E-state index in [1.165, 1.54) is 6.92 Å². The molecular weight excluding hydrogens is 244 g/mol. The Bertz CT molecular complexity index is 483. The summed E-state index contributed by atoms with van der Waals surface area (Å²) in [6, 6.07) is 7.26. The van der Waals surface area contributed by atoms with Crippen LogP contribution in [0.15, 0.2) is 24.3 Å². The molecular formula is C14H18N2O3. The van der Waals surface area contributed by atoms with Gasteiger partial charge in [-0.05, 0) is 25.0 Å². The minimum atomic E-state index is -0.377. The summed E-state index contributed by atoms with van der Waals surface area (Å²) in [5.41, 5.74) is 1.51. The van der Waals surface area contributed by atoms with Crippen molar-refractivity contribution in [2.24, 2.45) is 0 Å². The van der Waals surface area contributed by atoms with Crippen LogP contribution in [0.25, 0.3) is 0 Å². The Labute approximate surface area is 112 Å². The molecule has 0 unspecified atom stereocenters. The van der Waals surface area contributed by atoms with Crippen molar-refractivity contribution in [2.45, 2.75) is 20.3 Å². The number of ketones is 1. The Morgan fingerprint density at radius 1 is 1.05 bits per heavy atom. The summed E-state index contributed by atoms with van der Waals surface area (Å²) >= 11 is 0. The number of Topliss-reactive ketones (excluding diaryl/α,β-unsaturated/α-hetero) is 1. The Morgan fingerprint density at radius 3 is 2.37 bits per heavy atom. The smallest absolute Gasteiger partial charge is 0.251 e. The summed E-state index contributed by atoms with van der Waals surface area (Å²) in [5, 5.41) is 4.95. The molecule has 0 aromatic heterocycles. The van der Waals surface area contributed by atoms with E-state index in [2.05, 4.69) is 10.6 Å². The second kappa shape index (κ2) is 7.31. The molecule has 19 heavy (non-hydrogen) atoms. The number of carbonyl (C=O) groups excluding carboxylic acids is 3. The summed E-state index contributed by atoms with van der Waals surface area (Å²) in [6.07, 6.45) is 0.750. The van der Waals surface area contributed by atoms with E-state index in [4.69, 9.17) is 0 Å². The second-order valence-electron chi connectivity index (χ2n) is 4.17. The van der Waals surface area contributed by atoms with Gasteiger partial charge in [-0.25, -0.2) is 0 Å². The molecule has 1 aromatic carbocycles. The molecule has 0 fully saturated rings. The van der Waals surface area contributed by atoms with Gasteiger partial charge >= 0.3 is 0 Å². The van der Waals surface area contributed by atoms with Crippen LogP contribution < -0.4 is 10.6 Å². The quantitative estimate of drug-likeness (QED) is 0.791. The molecule has 0 radical (unpaired) electrons. The van der Waals surface area contributed by atoms with Gasteiger partial charge in [0, 0.05) is 5.56 Å². The fraction of sp³-hybridized carbons (Fsp3) is 0.357. The van der Waals surface area contributed by atoms with Crippen molar-refractivity contribution < 1.29 is 14.4 Å². The molecule has 0 spiro atoms. The molecule has 2 amide bonds. The second-order valence-corrected chi connectivity index (χ2v) is 4.17. The molecule has 0 atom stereocenters. The van der Waals surface area contributed by atoms with E-state index in [-0.39, 0.29) is 30.7 Å². The largest absolute Gasteiger partial charge is 0.348 e. The SMILES string of the molecule is CCc1ccccc1C(=O)NCC(=O)NCC(C)=O. The maximum atomic E-state index is 11.9. The summed E-state index contributed by atoms with van der Waals surface area (Å²) in [5.74, 6) is -0.788. The highest BCUT2D eigenvalue weighted by Gasteiger charge is 2.11. The minimum Gasteiger partial charge on any atom is -0.348 e. The Balaban J connectivity index is 2.51. The first-order valence-corrected chi connectivity index (χ1v) is 6.16. The topological polar surface area (TPSA) is 75.3 Å². The summed E-state index contributed by atoms with van der Waals surface area (Å²) in [6.45, 7) is 3.20. The number of hydrogen-bond donors (Lipinski definition) is 2. The van der Waals surface area contributed by atoms with E-state index < -0.39 is 0 Å². The lowest BCUT2D eigenvalue weighted by molar-refractivity contribution is -0.123. The molecule has 0 aliphatic heterocycles. The van der Waals surface area contributed by atoms with Crippen LogP contribution in [0, 0.1) is 0 Å². The van der Waals surface area contributed by atoms with Gasteiger partial charge in [0.05, 0.1) is 13.1 Å². The Kier molecular flexibility index (Phi) is 5.73. The molecule has 0 saturated carbocycles. The number of hydrogen-bond acceptors (Lipinski definition) is 3. The third kappa shape index (κ3) is 4.91. The van der Waals surface area contributed by atoms with Gasteiger partial charge in [-0.15, -0.1) is 0 Å². The van der Waals surface area contributed by atoms with Gasteiger partial charge in [0.15, 0.2) is 0 Å². The highest BCUT2D eigenvalue weighted by molar-refractivity contribution is 5.98. The number of amides is 2. The summed E-state index contributed by atoms with van der Waals surface area (Å²) in [7, 11) is 0. The van der Waals surface area contributed by atoms with E-state index in [9.17, 15) is 14.4 Å². The van der Waals surface area contributed by atoms with Crippen LogP contribution in [0.1, 0.15) is 29.8 Å². The molecule has 5 nitrogen and oxygen atoms in total. The zero-order valence-electron chi connectivity index (χ0n) is 11.2. The molecule has 0 heterocycles. The maximum Gasteiger partial charge on any atom is 0.251 e. The van der Waals surface area contributed by atoms with Crippen molar-refractivity contribution >= 4 is 17.6 Å². The predicted octanol–water partition coefficient (Wildman–Crippen LogP) is 0.684. The fourth-order valence-corrected chi connectivity index (χ4v) is 1.59. The number of benzene rings is 1. The standard InChI is InChI=1S/C14H18N2O3/c1-3-11-6-4-5-7-12(11)14(19)16-9-13(18)15-8-10(2)17/h4-7H,3,8-9H2,1-2H3,(H,15,18)(H,16,19).